The van der Waals surface area contributed by atoms with E-state index >= 15 is 0 Å². The highest BCUT2D eigenvalue weighted by atomic mass is 16.2. The zero-order valence-electron chi connectivity index (χ0n) is 16.4. The zero-order valence-corrected chi connectivity index (χ0v) is 16.4. The van der Waals surface area contributed by atoms with E-state index in [2.05, 4.69) is 32.0 Å². The van der Waals surface area contributed by atoms with Crippen LogP contribution in [0.2, 0.25) is 0 Å². The first kappa shape index (κ1) is 18.1. The molecule has 3 aromatic rings. The summed E-state index contributed by atoms with van der Waals surface area (Å²) in [5, 5.41) is 1.01. The summed E-state index contributed by atoms with van der Waals surface area (Å²) >= 11 is 0. The molecule has 0 saturated carbocycles. The smallest absolute Gasteiger partial charge is 0.243 e. The van der Waals surface area contributed by atoms with Gasteiger partial charge in [-0.1, -0.05) is 30.3 Å². The number of hydrogen-bond acceptors (Lipinski definition) is 5. The largest absolute Gasteiger partial charge is 0.356 e. The normalized spacial score (nSPS) is 21.6. The Balaban J connectivity index is 1.32. The summed E-state index contributed by atoms with van der Waals surface area (Å²) < 4.78 is 0. The van der Waals surface area contributed by atoms with Crippen LogP contribution in [0.5, 0.6) is 0 Å². The molecule has 3 N–H and O–H groups in total. The molecule has 2 aliphatic heterocycles. The highest BCUT2D eigenvalue weighted by Gasteiger charge is 2.44. The first-order chi connectivity index (χ1) is 14.2. The van der Waals surface area contributed by atoms with Crippen LogP contribution in [0.15, 0.2) is 48.9 Å². The zero-order chi connectivity index (χ0) is 19.8. The van der Waals surface area contributed by atoms with Crippen molar-refractivity contribution in [1.82, 2.24) is 19.9 Å². The van der Waals surface area contributed by atoms with Gasteiger partial charge in [-0.25, -0.2) is 9.97 Å². The maximum atomic E-state index is 13.5. The van der Waals surface area contributed by atoms with E-state index in [-0.39, 0.29) is 11.9 Å². The number of aromatic amines is 1. The maximum absolute atomic E-state index is 13.5. The molecule has 4 heterocycles. The minimum atomic E-state index is -0.807. The van der Waals surface area contributed by atoms with Crippen molar-refractivity contribution in [1.29, 1.82) is 0 Å². The minimum Gasteiger partial charge on any atom is -0.356 e. The third-order valence-electron chi connectivity index (χ3n) is 6.41. The van der Waals surface area contributed by atoms with Gasteiger partial charge in [0.1, 0.15) is 17.8 Å². The average molecular weight is 390 g/mol. The monoisotopic (exact) mass is 390 g/mol. The molecular formula is C22H26N6O. The predicted molar refractivity (Wildman–Crippen MR) is 112 cm³/mol. The second-order valence-electron chi connectivity index (χ2n) is 8.15. The lowest BCUT2D eigenvalue weighted by atomic mass is 9.86. The first-order valence-corrected chi connectivity index (χ1v) is 10.3. The molecular weight excluding hydrogens is 364 g/mol. The fourth-order valence-electron chi connectivity index (χ4n) is 4.76. The van der Waals surface area contributed by atoms with E-state index in [1.165, 1.54) is 5.56 Å². The molecule has 2 aliphatic rings. The third-order valence-corrected chi connectivity index (χ3v) is 6.41. The van der Waals surface area contributed by atoms with Crippen LogP contribution in [-0.4, -0.2) is 50.9 Å². The van der Waals surface area contributed by atoms with Crippen LogP contribution in [0.25, 0.3) is 11.0 Å². The van der Waals surface area contributed by atoms with Gasteiger partial charge in [-0.15, -0.1) is 0 Å². The number of rotatable bonds is 3. The molecule has 2 saturated heterocycles. The summed E-state index contributed by atoms with van der Waals surface area (Å²) in [5.74, 6) is 1.01. The Labute approximate surface area is 169 Å². The molecule has 5 rings (SSSR count). The molecule has 2 aromatic heterocycles. The number of carbonyl (C=O) groups is 1. The number of nitrogens with one attached hydrogen (secondary N) is 1. The summed E-state index contributed by atoms with van der Waals surface area (Å²) in [7, 11) is 0. The molecule has 0 bridgehead atoms. The summed E-state index contributed by atoms with van der Waals surface area (Å²) in [6, 6.07) is 12.4. The summed E-state index contributed by atoms with van der Waals surface area (Å²) in [6.45, 7) is 2.21. The molecule has 7 heteroatoms. The van der Waals surface area contributed by atoms with Gasteiger partial charge in [0.05, 0.1) is 17.0 Å². The Morgan fingerprint density at radius 1 is 1.10 bits per heavy atom. The fourth-order valence-corrected chi connectivity index (χ4v) is 4.76. The molecule has 2 fully saturated rings. The van der Waals surface area contributed by atoms with Gasteiger partial charge in [-0.05, 0) is 37.3 Å². The molecule has 150 valence electrons. The van der Waals surface area contributed by atoms with E-state index in [1.807, 2.05) is 35.4 Å². The Morgan fingerprint density at radius 2 is 1.90 bits per heavy atom. The molecule has 1 atom stereocenters. The van der Waals surface area contributed by atoms with Gasteiger partial charge in [0.2, 0.25) is 5.91 Å². The number of hydrogen-bond donors (Lipinski definition) is 2. The lowest BCUT2D eigenvalue weighted by Gasteiger charge is -2.41. The van der Waals surface area contributed by atoms with Crippen LogP contribution in [0, 0.1) is 0 Å². The number of fused-ring (bicyclic) bond motifs is 1. The minimum absolute atomic E-state index is 0.0954. The van der Waals surface area contributed by atoms with E-state index in [0.29, 0.717) is 25.9 Å². The average Bonchev–Trinajstić information content (AvgIpc) is 3.44. The van der Waals surface area contributed by atoms with Crippen LogP contribution >= 0.6 is 0 Å². The standard InChI is InChI=1S/C22H26N6O/c23-22(21(29)28-12-4-7-18(28)16-5-2-1-3-6-16)9-13-27(14-10-22)20-17-8-11-24-19(17)25-15-26-20/h1-3,5-6,8,11,15,18H,4,7,9-10,12-14,23H2,(H,24,25,26)/t18-/m0/s1. The van der Waals surface area contributed by atoms with Crippen molar-refractivity contribution < 1.29 is 4.79 Å². The van der Waals surface area contributed by atoms with E-state index in [9.17, 15) is 4.79 Å². The number of piperidine rings is 1. The predicted octanol–water partition coefficient (Wildman–Crippen LogP) is 2.62. The number of anilines is 1. The van der Waals surface area contributed by atoms with Gasteiger partial charge in [0, 0.05) is 25.8 Å². The van der Waals surface area contributed by atoms with Crippen molar-refractivity contribution in [2.24, 2.45) is 5.73 Å². The van der Waals surface area contributed by atoms with Gasteiger partial charge >= 0.3 is 0 Å². The van der Waals surface area contributed by atoms with E-state index in [1.54, 1.807) is 6.33 Å². The second-order valence-corrected chi connectivity index (χ2v) is 8.15. The van der Waals surface area contributed by atoms with Crippen LogP contribution in [-0.2, 0) is 4.79 Å². The van der Waals surface area contributed by atoms with Crippen LogP contribution in [0.4, 0.5) is 5.82 Å². The third kappa shape index (κ3) is 3.15. The number of likely N-dealkylation sites (tertiary alicyclic amines) is 1. The molecule has 29 heavy (non-hydrogen) atoms. The molecule has 0 unspecified atom stereocenters. The molecule has 0 radical (unpaired) electrons. The highest BCUT2D eigenvalue weighted by molar-refractivity contribution is 5.89. The number of amides is 1. The molecule has 0 spiro atoms. The summed E-state index contributed by atoms with van der Waals surface area (Å²) in [6.07, 6.45) is 6.74. The van der Waals surface area contributed by atoms with Crippen molar-refractivity contribution in [3.63, 3.8) is 0 Å². The lowest BCUT2D eigenvalue weighted by molar-refractivity contribution is -0.138. The Morgan fingerprint density at radius 3 is 2.69 bits per heavy atom. The number of nitrogens with two attached hydrogens (primary N) is 1. The van der Waals surface area contributed by atoms with Crippen LogP contribution in [0.1, 0.15) is 37.3 Å². The summed E-state index contributed by atoms with van der Waals surface area (Å²) in [5.41, 5.74) is 7.93. The van der Waals surface area contributed by atoms with E-state index in [4.69, 9.17) is 5.73 Å². The van der Waals surface area contributed by atoms with Crippen LogP contribution in [0.3, 0.4) is 0 Å². The Bertz CT molecular complexity index is 1010. The molecule has 7 nitrogen and oxygen atoms in total. The number of carbonyl (C=O) groups excluding carboxylic acids is 1. The topological polar surface area (TPSA) is 91.1 Å². The van der Waals surface area contributed by atoms with Crippen molar-refractivity contribution in [3.05, 3.63) is 54.5 Å². The van der Waals surface area contributed by atoms with E-state index < -0.39 is 5.54 Å². The van der Waals surface area contributed by atoms with Crippen LogP contribution < -0.4 is 10.6 Å². The van der Waals surface area contributed by atoms with E-state index in [0.717, 1.165) is 36.2 Å². The van der Waals surface area contributed by atoms with Crippen molar-refractivity contribution >= 4 is 22.8 Å². The fraction of sp³-hybridized carbons (Fsp3) is 0.409. The van der Waals surface area contributed by atoms with Crippen molar-refractivity contribution in [3.8, 4) is 0 Å². The van der Waals surface area contributed by atoms with Crippen molar-refractivity contribution in [2.75, 3.05) is 24.5 Å². The van der Waals surface area contributed by atoms with Gasteiger partial charge < -0.3 is 20.5 Å². The highest BCUT2D eigenvalue weighted by Crippen LogP contribution is 2.36. The Kier molecular flexibility index (Phi) is 4.47. The maximum Gasteiger partial charge on any atom is 0.243 e. The summed E-state index contributed by atoms with van der Waals surface area (Å²) in [4.78, 5) is 29.6. The number of nitrogens with zero attached hydrogens (tertiary/aromatic N) is 4. The molecule has 1 aromatic carbocycles. The molecule has 1 amide bonds. The van der Waals surface area contributed by atoms with Gasteiger partial charge in [0.15, 0.2) is 0 Å². The van der Waals surface area contributed by atoms with Gasteiger partial charge in [0.25, 0.3) is 0 Å². The van der Waals surface area contributed by atoms with Gasteiger partial charge in [-0.3, -0.25) is 4.79 Å². The SMILES string of the molecule is NC1(C(=O)N2CCC[C@H]2c2ccccc2)CCN(c2ncnc3[nH]ccc23)CC1. The Hall–Kier alpha value is -2.93. The number of aromatic nitrogens is 3. The number of benzene rings is 1. The molecule has 0 aliphatic carbocycles. The number of H-pyrrole nitrogens is 1. The van der Waals surface area contributed by atoms with Crippen molar-refractivity contribution in [2.45, 2.75) is 37.3 Å². The first-order valence-electron chi connectivity index (χ1n) is 10.3. The van der Waals surface area contributed by atoms with Gasteiger partial charge in [-0.2, -0.15) is 0 Å². The lowest BCUT2D eigenvalue weighted by Crippen LogP contribution is -2.60. The quantitative estimate of drug-likeness (QED) is 0.717. The second kappa shape index (κ2) is 7.15.